The van der Waals surface area contributed by atoms with Crippen LogP contribution in [0.15, 0.2) is 53.5 Å². The van der Waals surface area contributed by atoms with Gasteiger partial charge in [-0.3, -0.25) is 4.79 Å². The summed E-state index contributed by atoms with van der Waals surface area (Å²) >= 11 is 1.64. The fraction of sp³-hybridized carbons (Fsp3) is 0.308. The van der Waals surface area contributed by atoms with Crippen LogP contribution < -0.4 is 14.8 Å². The van der Waals surface area contributed by atoms with Gasteiger partial charge < -0.3 is 14.8 Å². The van der Waals surface area contributed by atoms with Crippen molar-refractivity contribution in [2.45, 2.75) is 33.1 Å². The van der Waals surface area contributed by atoms with E-state index in [-0.39, 0.29) is 5.91 Å². The number of carbonyl (C=O) groups excluding carboxylic acids is 1. The van der Waals surface area contributed by atoms with Gasteiger partial charge in [-0.25, -0.2) is 4.99 Å². The van der Waals surface area contributed by atoms with E-state index in [2.05, 4.69) is 12.2 Å². The first-order valence-corrected chi connectivity index (χ1v) is 11.8. The van der Waals surface area contributed by atoms with Crippen LogP contribution in [0.2, 0.25) is 0 Å². The molecular weight excluding hydrogens is 420 g/mol. The van der Waals surface area contributed by atoms with E-state index in [1.165, 1.54) is 4.88 Å². The minimum absolute atomic E-state index is 0.108. The van der Waals surface area contributed by atoms with Gasteiger partial charge in [0.15, 0.2) is 0 Å². The van der Waals surface area contributed by atoms with E-state index in [0.717, 1.165) is 52.6 Å². The van der Waals surface area contributed by atoms with Crippen molar-refractivity contribution in [2.75, 3.05) is 19.0 Å². The normalized spacial score (nSPS) is 15.4. The lowest BCUT2D eigenvalue weighted by molar-refractivity contribution is 0.102. The Labute approximate surface area is 193 Å². The van der Waals surface area contributed by atoms with Crippen molar-refractivity contribution in [1.82, 2.24) is 0 Å². The molecule has 0 bridgehead atoms. The SMILES string of the molecule is CCOc1ccc(NC(=O)c2c(N=Cc3ccc(OC)cc3)sc3c2CC[C@@H](C)C3)cc1. The Hall–Kier alpha value is -3.12. The zero-order valence-corrected chi connectivity index (χ0v) is 19.5. The van der Waals surface area contributed by atoms with Crippen molar-refractivity contribution >= 4 is 34.1 Å². The molecule has 1 aliphatic rings. The van der Waals surface area contributed by atoms with E-state index in [4.69, 9.17) is 14.5 Å². The van der Waals surface area contributed by atoms with Gasteiger partial charge in [-0.15, -0.1) is 11.3 Å². The predicted molar refractivity (Wildman–Crippen MR) is 131 cm³/mol. The molecule has 0 spiro atoms. The molecule has 1 N–H and O–H groups in total. The van der Waals surface area contributed by atoms with Crippen LogP contribution in [0.5, 0.6) is 11.5 Å². The van der Waals surface area contributed by atoms with E-state index >= 15 is 0 Å². The van der Waals surface area contributed by atoms with Crippen LogP contribution in [0.4, 0.5) is 10.7 Å². The monoisotopic (exact) mass is 448 g/mol. The number of ether oxygens (including phenoxy) is 2. The van der Waals surface area contributed by atoms with Crippen LogP contribution in [-0.4, -0.2) is 25.8 Å². The molecule has 0 saturated carbocycles. The molecule has 0 fully saturated rings. The smallest absolute Gasteiger partial charge is 0.259 e. The minimum atomic E-state index is -0.108. The molecular formula is C26H28N2O3S. The number of aliphatic imine (C=N–C) groups is 1. The van der Waals surface area contributed by atoms with Gasteiger partial charge in [0.1, 0.15) is 16.5 Å². The summed E-state index contributed by atoms with van der Waals surface area (Å²) in [5.41, 5.74) is 3.56. The first-order chi connectivity index (χ1) is 15.6. The third kappa shape index (κ3) is 5.02. The average molecular weight is 449 g/mol. The summed E-state index contributed by atoms with van der Waals surface area (Å²) in [6, 6.07) is 15.2. The molecule has 4 rings (SSSR count). The van der Waals surface area contributed by atoms with Crippen LogP contribution in [0.1, 0.15) is 46.6 Å². The molecule has 1 amide bonds. The molecule has 6 heteroatoms. The highest BCUT2D eigenvalue weighted by molar-refractivity contribution is 7.16. The number of nitrogens with one attached hydrogen (secondary N) is 1. The second kappa shape index (κ2) is 10.0. The molecule has 1 heterocycles. The maximum absolute atomic E-state index is 13.3. The number of methoxy groups -OCH3 is 1. The number of hydrogen-bond donors (Lipinski definition) is 1. The van der Waals surface area contributed by atoms with Gasteiger partial charge in [-0.2, -0.15) is 0 Å². The molecule has 0 radical (unpaired) electrons. The molecule has 2 aromatic carbocycles. The second-order valence-corrected chi connectivity index (χ2v) is 9.06. The van der Waals surface area contributed by atoms with Gasteiger partial charge >= 0.3 is 0 Å². The fourth-order valence-electron chi connectivity index (χ4n) is 3.88. The van der Waals surface area contributed by atoms with Crippen LogP contribution in [0, 0.1) is 5.92 Å². The summed E-state index contributed by atoms with van der Waals surface area (Å²) in [7, 11) is 1.65. The van der Waals surface area contributed by atoms with Gasteiger partial charge in [0.25, 0.3) is 5.91 Å². The molecule has 166 valence electrons. The highest BCUT2D eigenvalue weighted by atomic mass is 32.1. The zero-order valence-electron chi connectivity index (χ0n) is 18.7. The molecule has 0 aliphatic heterocycles. The molecule has 0 unspecified atom stereocenters. The summed E-state index contributed by atoms with van der Waals surface area (Å²) < 4.78 is 10.7. The van der Waals surface area contributed by atoms with Gasteiger partial charge in [0.05, 0.1) is 19.3 Å². The van der Waals surface area contributed by atoms with Crippen LogP contribution in [0.3, 0.4) is 0 Å². The van der Waals surface area contributed by atoms with Gasteiger partial charge in [0, 0.05) is 16.8 Å². The van der Waals surface area contributed by atoms with E-state index in [0.29, 0.717) is 18.1 Å². The molecule has 0 saturated heterocycles. The number of nitrogens with zero attached hydrogens (tertiary/aromatic N) is 1. The van der Waals surface area contributed by atoms with E-state index in [1.54, 1.807) is 18.4 Å². The Morgan fingerprint density at radius 2 is 1.88 bits per heavy atom. The molecule has 1 aliphatic carbocycles. The Morgan fingerprint density at radius 1 is 1.16 bits per heavy atom. The molecule has 5 nitrogen and oxygen atoms in total. The second-order valence-electron chi connectivity index (χ2n) is 7.97. The summed E-state index contributed by atoms with van der Waals surface area (Å²) in [6.45, 7) is 4.83. The third-order valence-corrected chi connectivity index (χ3v) is 6.75. The van der Waals surface area contributed by atoms with Crippen LogP contribution >= 0.6 is 11.3 Å². The molecule has 1 atom stereocenters. The van der Waals surface area contributed by atoms with Crippen molar-refractivity contribution in [2.24, 2.45) is 10.9 Å². The minimum Gasteiger partial charge on any atom is -0.497 e. The first-order valence-electron chi connectivity index (χ1n) is 10.9. The molecule has 3 aromatic rings. The largest absolute Gasteiger partial charge is 0.497 e. The third-order valence-electron chi connectivity index (χ3n) is 5.59. The number of anilines is 1. The molecule has 1 aromatic heterocycles. The number of fused-ring (bicyclic) bond motifs is 1. The summed E-state index contributed by atoms with van der Waals surface area (Å²) in [5, 5.41) is 3.82. The maximum atomic E-state index is 13.3. The van der Waals surface area contributed by atoms with Crippen molar-refractivity contribution in [1.29, 1.82) is 0 Å². The predicted octanol–water partition coefficient (Wildman–Crippen LogP) is 6.28. The topological polar surface area (TPSA) is 59.9 Å². The lowest BCUT2D eigenvalue weighted by Gasteiger charge is -2.18. The maximum Gasteiger partial charge on any atom is 0.259 e. The van der Waals surface area contributed by atoms with Crippen molar-refractivity contribution in [3.05, 3.63) is 70.1 Å². The Balaban J connectivity index is 1.61. The Morgan fingerprint density at radius 3 is 2.56 bits per heavy atom. The van der Waals surface area contributed by atoms with Crippen LogP contribution in [0.25, 0.3) is 0 Å². The number of benzene rings is 2. The van der Waals surface area contributed by atoms with Crippen molar-refractivity contribution in [3.8, 4) is 11.5 Å². The number of amides is 1. The van der Waals surface area contributed by atoms with Crippen molar-refractivity contribution < 1.29 is 14.3 Å². The Bertz CT molecular complexity index is 1100. The van der Waals surface area contributed by atoms with E-state index < -0.39 is 0 Å². The standard InChI is InChI=1S/C26H28N2O3S/c1-4-31-21-12-8-19(9-13-21)28-25(29)24-22-14-5-17(2)15-23(22)32-26(24)27-16-18-6-10-20(30-3)11-7-18/h6-13,16-17H,4-5,14-15H2,1-3H3,(H,28,29)/t17-/m1/s1. The summed E-state index contributed by atoms with van der Waals surface area (Å²) in [6.07, 6.45) is 4.82. The molecule has 32 heavy (non-hydrogen) atoms. The summed E-state index contributed by atoms with van der Waals surface area (Å²) in [4.78, 5) is 19.3. The first kappa shape index (κ1) is 22.1. The zero-order chi connectivity index (χ0) is 22.5. The number of hydrogen-bond acceptors (Lipinski definition) is 5. The van der Waals surface area contributed by atoms with Gasteiger partial charge in [-0.1, -0.05) is 6.92 Å². The Kier molecular flexibility index (Phi) is 6.90. The lowest BCUT2D eigenvalue weighted by Crippen LogP contribution is -2.16. The summed E-state index contributed by atoms with van der Waals surface area (Å²) in [5.74, 6) is 2.11. The number of rotatable bonds is 7. The van der Waals surface area contributed by atoms with Crippen LogP contribution in [-0.2, 0) is 12.8 Å². The van der Waals surface area contributed by atoms with E-state index in [1.807, 2.05) is 61.7 Å². The highest BCUT2D eigenvalue weighted by Gasteiger charge is 2.27. The van der Waals surface area contributed by atoms with Crippen molar-refractivity contribution in [3.63, 3.8) is 0 Å². The van der Waals surface area contributed by atoms with Gasteiger partial charge in [-0.05, 0) is 91.8 Å². The fourth-order valence-corrected chi connectivity index (χ4v) is 5.23. The van der Waals surface area contributed by atoms with E-state index in [9.17, 15) is 4.79 Å². The highest BCUT2D eigenvalue weighted by Crippen LogP contribution is 2.41. The average Bonchev–Trinajstić information content (AvgIpc) is 3.17. The van der Waals surface area contributed by atoms with Gasteiger partial charge in [0.2, 0.25) is 0 Å². The number of carbonyl (C=O) groups is 1. The quantitative estimate of drug-likeness (QED) is 0.433. The number of thiophene rings is 1. The lowest BCUT2D eigenvalue weighted by atomic mass is 9.88.